The van der Waals surface area contributed by atoms with Crippen molar-refractivity contribution in [1.82, 2.24) is 14.9 Å². The summed E-state index contributed by atoms with van der Waals surface area (Å²) in [4.78, 5) is 23.6. The van der Waals surface area contributed by atoms with Gasteiger partial charge in [0, 0.05) is 32.8 Å². The lowest BCUT2D eigenvalue weighted by Crippen LogP contribution is -2.46. The zero-order valence-corrected chi connectivity index (χ0v) is 15.2. The molecule has 0 radical (unpaired) electrons. The maximum Gasteiger partial charge on any atom is 0.309 e. The lowest BCUT2D eigenvalue weighted by atomic mass is 9.98. The number of nitrogens with zero attached hydrogens (tertiary/aromatic N) is 1. The highest BCUT2D eigenvalue weighted by Crippen LogP contribution is 2.32. The van der Waals surface area contributed by atoms with Crippen molar-refractivity contribution < 1.29 is 22.7 Å². The number of rotatable bonds is 6. The predicted octanol–water partition coefficient (Wildman–Crippen LogP) is -0.398. The molecular formula is C16H27N3O5S. The van der Waals surface area contributed by atoms with Crippen LogP contribution in [0.15, 0.2) is 0 Å². The van der Waals surface area contributed by atoms with Crippen LogP contribution in [-0.2, 0) is 24.3 Å². The molecule has 25 heavy (non-hydrogen) atoms. The summed E-state index contributed by atoms with van der Waals surface area (Å²) in [5.41, 5.74) is 0. The van der Waals surface area contributed by atoms with Crippen LogP contribution in [0.5, 0.6) is 0 Å². The second kappa shape index (κ2) is 8.01. The van der Waals surface area contributed by atoms with Crippen LogP contribution >= 0.6 is 0 Å². The van der Waals surface area contributed by atoms with Gasteiger partial charge in [0.25, 0.3) is 0 Å². The van der Waals surface area contributed by atoms with Crippen molar-refractivity contribution in [3.8, 4) is 0 Å². The molecule has 0 aromatic heterocycles. The molecule has 0 bridgehead atoms. The summed E-state index contributed by atoms with van der Waals surface area (Å²) in [5, 5.41) is 5.08. The highest BCUT2D eigenvalue weighted by atomic mass is 32.2. The fourth-order valence-corrected chi connectivity index (χ4v) is 5.23. The summed E-state index contributed by atoms with van der Waals surface area (Å²) in [6.45, 7) is 2.49. The quantitative estimate of drug-likeness (QED) is 0.617. The van der Waals surface area contributed by atoms with Crippen molar-refractivity contribution in [3.05, 3.63) is 0 Å². The van der Waals surface area contributed by atoms with E-state index in [4.69, 9.17) is 4.74 Å². The van der Waals surface area contributed by atoms with Crippen LogP contribution in [0.1, 0.15) is 38.5 Å². The van der Waals surface area contributed by atoms with Crippen LogP contribution in [-0.4, -0.2) is 68.7 Å². The zero-order valence-electron chi connectivity index (χ0n) is 14.4. The monoisotopic (exact) mass is 373 g/mol. The molecule has 0 aromatic rings. The van der Waals surface area contributed by atoms with Crippen molar-refractivity contribution in [3.63, 3.8) is 0 Å². The van der Waals surface area contributed by atoms with Gasteiger partial charge in [-0.2, -0.15) is 0 Å². The number of hydrogen-bond donors (Lipinski definition) is 2. The van der Waals surface area contributed by atoms with Crippen molar-refractivity contribution in [2.75, 3.05) is 32.8 Å². The average molecular weight is 373 g/mol. The average Bonchev–Trinajstić information content (AvgIpc) is 3.36. The summed E-state index contributed by atoms with van der Waals surface area (Å²) in [5.74, 6) is -1.06. The summed E-state index contributed by atoms with van der Waals surface area (Å²) in [6, 6.07) is 0. The number of sulfonamides is 1. The van der Waals surface area contributed by atoms with Crippen LogP contribution in [0, 0.1) is 5.92 Å². The summed E-state index contributed by atoms with van der Waals surface area (Å²) in [7, 11) is -3.10. The molecule has 0 spiro atoms. The largest absolute Gasteiger partial charge is 0.376 e. The molecule has 2 aliphatic heterocycles. The van der Waals surface area contributed by atoms with E-state index >= 15 is 0 Å². The van der Waals surface area contributed by atoms with Gasteiger partial charge in [-0.15, -0.1) is 0 Å². The van der Waals surface area contributed by atoms with E-state index in [1.54, 1.807) is 4.31 Å². The molecule has 9 heteroatoms. The molecule has 8 nitrogen and oxygen atoms in total. The van der Waals surface area contributed by atoms with E-state index in [1.807, 2.05) is 0 Å². The number of piperidine rings is 1. The normalized spacial score (nSPS) is 25.7. The molecule has 1 atom stereocenters. The second-order valence-corrected chi connectivity index (χ2v) is 9.35. The Morgan fingerprint density at radius 3 is 2.16 bits per heavy atom. The van der Waals surface area contributed by atoms with Gasteiger partial charge in [0.2, 0.25) is 10.0 Å². The van der Waals surface area contributed by atoms with Crippen molar-refractivity contribution in [1.29, 1.82) is 0 Å². The maximum atomic E-state index is 12.2. The standard InChI is InChI=1S/C16H27N3O5S/c20-15(16(21)18-11-13-2-1-9-24-13)17-10-12-5-7-19(8-6-12)25(22,23)14-3-4-14/h12-14H,1-11H2,(H,17,20)(H,18,21)/t13-/m1/s1. The first-order chi connectivity index (χ1) is 12.0. The molecule has 2 saturated heterocycles. The Morgan fingerprint density at radius 2 is 1.60 bits per heavy atom. The van der Waals surface area contributed by atoms with Gasteiger partial charge in [-0.05, 0) is 44.4 Å². The van der Waals surface area contributed by atoms with Crippen molar-refractivity contribution >= 4 is 21.8 Å². The Hall–Kier alpha value is -1.19. The van der Waals surface area contributed by atoms with Gasteiger partial charge in [-0.25, -0.2) is 12.7 Å². The lowest BCUT2D eigenvalue weighted by Gasteiger charge is -2.31. The highest BCUT2D eigenvalue weighted by Gasteiger charge is 2.41. The fraction of sp³-hybridized carbons (Fsp3) is 0.875. The number of nitrogens with one attached hydrogen (secondary N) is 2. The zero-order chi connectivity index (χ0) is 17.9. The number of carbonyl (C=O) groups excluding carboxylic acids is 2. The first kappa shape index (κ1) is 18.6. The Balaban J connectivity index is 1.33. The Labute approximate surface area is 148 Å². The molecule has 1 saturated carbocycles. The minimum Gasteiger partial charge on any atom is -0.376 e. The number of amides is 2. The van der Waals surface area contributed by atoms with E-state index < -0.39 is 21.8 Å². The molecule has 3 aliphatic rings. The molecule has 2 heterocycles. The molecular weight excluding hydrogens is 346 g/mol. The van der Waals surface area contributed by atoms with E-state index in [9.17, 15) is 18.0 Å². The maximum absolute atomic E-state index is 12.2. The van der Waals surface area contributed by atoms with E-state index in [-0.39, 0.29) is 17.3 Å². The van der Waals surface area contributed by atoms with Crippen LogP contribution in [0.25, 0.3) is 0 Å². The molecule has 2 amide bonds. The third-order valence-electron chi connectivity index (χ3n) is 5.15. The van der Waals surface area contributed by atoms with Gasteiger partial charge >= 0.3 is 11.8 Å². The minimum atomic E-state index is -3.10. The van der Waals surface area contributed by atoms with E-state index in [1.165, 1.54) is 0 Å². The van der Waals surface area contributed by atoms with E-state index in [2.05, 4.69) is 10.6 Å². The third kappa shape index (κ3) is 4.92. The summed E-state index contributed by atoms with van der Waals surface area (Å²) < 4.78 is 31.3. The van der Waals surface area contributed by atoms with E-state index in [0.29, 0.717) is 45.6 Å². The van der Waals surface area contributed by atoms with Gasteiger partial charge in [-0.3, -0.25) is 9.59 Å². The molecule has 2 N–H and O–H groups in total. The highest BCUT2D eigenvalue weighted by molar-refractivity contribution is 7.90. The van der Waals surface area contributed by atoms with Gasteiger partial charge in [-0.1, -0.05) is 0 Å². The summed E-state index contributed by atoms with van der Waals surface area (Å²) in [6.07, 6.45) is 4.88. The van der Waals surface area contributed by atoms with Gasteiger partial charge in [0.05, 0.1) is 11.4 Å². The Morgan fingerprint density at radius 1 is 0.960 bits per heavy atom. The fourth-order valence-electron chi connectivity index (χ4n) is 3.35. The molecule has 1 aliphatic carbocycles. The van der Waals surface area contributed by atoms with Gasteiger partial charge in [0.15, 0.2) is 0 Å². The van der Waals surface area contributed by atoms with E-state index in [0.717, 1.165) is 25.7 Å². The smallest absolute Gasteiger partial charge is 0.309 e. The van der Waals surface area contributed by atoms with Crippen molar-refractivity contribution in [2.45, 2.75) is 49.9 Å². The summed E-state index contributed by atoms with van der Waals surface area (Å²) >= 11 is 0. The lowest BCUT2D eigenvalue weighted by molar-refractivity contribution is -0.139. The van der Waals surface area contributed by atoms with Crippen LogP contribution in [0.4, 0.5) is 0 Å². The van der Waals surface area contributed by atoms with Gasteiger partial charge < -0.3 is 15.4 Å². The minimum absolute atomic E-state index is 0.00879. The third-order valence-corrected chi connectivity index (χ3v) is 7.55. The Bertz CT molecular complexity index is 591. The topological polar surface area (TPSA) is 105 Å². The van der Waals surface area contributed by atoms with Gasteiger partial charge in [0.1, 0.15) is 0 Å². The molecule has 3 rings (SSSR count). The number of ether oxygens (including phenoxy) is 1. The SMILES string of the molecule is O=C(NCC1CCN(S(=O)(=O)C2CC2)CC1)C(=O)NC[C@H]1CCCO1. The first-order valence-electron chi connectivity index (χ1n) is 9.13. The number of carbonyl (C=O) groups is 2. The molecule has 3 fully saturated rings. The number of hydrogen-bond acceptors (Lipinski definition) is 5. The van der Waals surface area contributed by atoms with Crippen LogP contribution in [0.3, 0.4) is 0 Å². The second-order valence-electron chi connectivity index (χ2n) is 7.14. The van der Waals surface area contributed by atoms with Crippen LogP contribution in [0.2, 0.25) is 0 Å². The molecule has 142 valence electrons. The van der Waals surface area contributed by atoms with Crippen LogP contribution < -0.4 is 10.6 Å². The Kier molecular flexibility index (Phi) is 5.96. The molecule has 0 aromatic carbocycles. The van der Waals surface area contributed by atoms with Crippen molar-refractivity contribution in [2.24, 2.45) is 5.92 Å². The molecule has 0 unspecified atom stereocenters. The first-order valence-corrected chi connectivity index (χ1v) is 10.6. The predicted molar refractivity (Wildman–Crippen MR) is 91.2 cm³/mol.